The quantitative estimate of drug-likeness (QED) is 0.795. The van der Waals surface area contributed by atoms with Crippen LogP contribution >= 0.6 is 0 Å². The van der Waals surface area contributed by atoms with Gasteiger partial charge in [-0.2, -0.15) is 0 Å². The summed E-state index contributed by atoms with van der Waals surface area (Å²) in [4.78, 5) is 26.3. The van der Waals surface area contributed by atoms with Crippen LogP contribution in [-0.2, 0) is 6.42 Å². The van der Waals surface area contributed by atoms with Gasteiger partial charge < -0.3 is 15.1 Å². The van der Waals surface area contributed by atoms with E-state index in [2.05, 4.69) is 51.1 Å². The fourth-order valence-electron chi connectivity index (χ4n) is 3.43. The van der Waals surface area contributed by atoms with Crippen molar-refractivity contribution in [2.24, 2.45) is 0 Å². The Balaban J connectivity index is 1.62. The van der Waals surface area contributed by atoms with E-state index in [0.29, 0.717) is 17.2 Å². The van der Waals surface area contributed by atoms with Crippen LogP contribution in [0.3, 0.4) is 0 Å². The SMILES string of the molecule is CCCCc1ccc(NC(=O)c2cnc(N3CCN(CC)CC3)nc2C)cc1. The van der Waals surface area contributed by atoms with Crippen molar-refractivity contribution >= 4 is 17.5 Å². The number of aromatic nitrogens is 2. The number of nitrogens with one attached hydrogen (secondary N) is 1. The van der Waals surface area contributed by atoms with E-state index >= 15 is 0 Å². The molecule has 0 spiro atoms. The van der Waals surface area contributed by atoms with E-state index < -0.39 is 0 Å². The molecule has 0 aliphatic carbocycles. The van der Waals surface area contributed by atoms with Crippen LogP contribution in [0.5, 0.6) is 0 Å². The molecule has 6 nitrogen and oxygen atoms in total. The van der Waals surface area contributed by atoms with Gasteiger partial charge in [0.05, 0.1) is 11.3 Å². The maximum Gasteiger partial charge on any atom is 0.259 e. The van der Waals surface area contributed by atoms with E-state index in [1.54, 1.807) is 6.20 Å². The molecule has 0 atom stereocenters. The molecule has 0 bridgehead atoms. The normalized spacial score (nSPS) is 14.9. The van der Waals surface area contributed by atoms with Crippen LogP contribution in [0.15, 0.2) is 30.5 Å². The van der Waals surface area contributed by atoms with E-state index in [-0.39, 0.29) is 5.91 Å². The Kier molecular flexibility index (Phi) is 6.98. The molecule has 0 radical (unpaired) electrons. The molecule has 2 aromatic rings. The number of anilines is 2. The minimum Gasteiger partial charge on any atom is -0.338 e. The number of hydrogen-bond acceptors (Lipinski definition) is 5. The lowest BCUT2D eigenvalue weighted by Crippen LogP contribution is -2.46. The van der Waals surface area contributed by atoms with E-state index in [1.807, 2.05) is 19.1 Å². The third kappa shape index (κ3) is 5.07. The van der Waals surface area contributed by atoms with Gasteiger partial charge in [-0.05, 0) is 44.0 Å². The predicted octanol–water partition coefficient (Wildman–Crippen LogP) is 3.52. The standard InChI is InChI=1S/C22H31N5O/c1-4-6-7-18-8-10-19(11-9-18)25-21(28)20-16-23-22(24-17(20)3)27-14-12-26(5-2)13-15-27/h8-11,16H,4-7,12-15H2,1-3H3,(H,25,28). The topological polar surface area (TPSA) is 61.4 Å². The van der Waals surface area contributed by atoms with Crippen molar-refractivity contribution in [1.29, 1.82) is 0 Å². The van der Waals surface area contributed by atoms with Crippen molar-refractivity contribution in [1.82, 2.24) is 14.9 Å². The Morgan fingerprint density at radius 3 is 2.43 bits per heavy atom. The number of likely N-dealkylation sites (N-methyl/N-ethyl adjacent to an activating group) is 1. The Labute approximate surface area is 168 Å². The van der Waals surface area contributed by atoms with Crippen LogP contribution in [0, 0.1) is 6.92 Å². The Morgan fingerprint density at radius 1 is 1.11 bits per heavy atom. The lowest BCUT2D eigenvalue weighted by Gasteiger charge is -2.34. The summed E-state index contributed by atoms with van der Waals surface area (Å²) in [6.45, 7) is 11.2. The first kappa shape index (κ1) is 20.3. The van der Waals surface area contributed by atoms with Crippen molar-refractivity contribution in [2.75, 3.05) is 42.9 Å². The molecule has 1 fully saturated rings. The number of rotatable bonds is 7. The minimum absolute atomic E-state index is 0.166. The lowest BCUT2D eigenvalue weighted by atomic mass is 10.1. The number of nitrogens with zero attached hydrogens (tertiary/aromatic N) is 4. The zero-order valence-electron chi connectivity index (χ0n) is 17.2. The molecule has 6 heteroatoms. The van der Waals surface area contributed by atoms with Gasteiger partial charge in [0.1, 0.15) is 0 Å². The molecular formula is C22H31N5O. The van der Waals surface area contributed by atoms with Crippen LogP contribution < -0.4 is 10.2 Å². The highest BCUT2D eigenvalue weighted by atomic mass is 16.1. The average molecular weight is 382 g/mol. The first-order valence-corrected chi connectivity index (χ1v) is 10.3. The van der Waals surface area contributed by atoms with Crippen molar-refractivity contribution in [2.45, 2.75) is 40.0 Å². The van der Waals surface area contributed by atoms with E-state index in [1.165, 1.54) is 18.4 Å². The maximum absolute atomic E-state index is 12.6. The number of aryl methyl sites for hydroxylation is 2. The molecule has 1 aliphatic rings. The molecule has 1 saturated heterocycles. The molecule has 3 rings (SSSR count). The third-order valence-corrected chi connectivity index (χ3v) is 5.34. The van der Waals surface area contributed by atoms with Gasteiger partial charge in [0.15, 0.2) is 0 Å². The molecule has 1 aliphatic heterocycles. The molecule has 0 unspecified atom stereocenters. The van der Waals surface area contributed by atoms with Gasteiger partial charge in [-0.3, -0.25) is 4.79 Å². The summed E-state index contributed by atoms with van der Waals surface area (Å²) in [5.74, 6) is 0.547. The van der Waals surface area contributed by atoms with Gasteiger partial charge in [0, 0.05) is 38.1 Å². The van der Waals surface area contributed by atoms with Crippen LogP contribution in [0.1, 0.15) is 48.3 Å². The number of benzene rings is 1. The molecule has 1 N–H and O–H groups in total. The van der Waals surface area contributed by atoms with Gasteiger partial charge >= 0.3 is 0 Å². The van der Waals surface area contributed by atoms with Gasteiger partial charge in [0.25, 0.3) is 5.91 Å². The van der Waals surface area contributed by atoms with Gasteiger partial charge in [-0.15, -0.1) is 0 Å². The molecule has 28 heavy (non-hydrogen) atoms. The van der Waals surface area contributed by atoms with Crippen LogP contribution in [0.25, 0.3) is 0 Å². The Morgan fingerprint density at radius 2 is 1.82 bits per heavy atom. The number of carbonyl (C=O) groups is 1. The Bertz CT molecular complexity index is 782. The van der Waals surface area contributed by atoms with Gasteiger partial charge in [-0.1, -0.05) is 32.4 Å². The molecule has 1 aromatic carbocycles. The van der Waals surface area contributed by atoms with Crippen molar-refractivity contribution in [3.8, 4) is 0 Å². The van der Waals surface area contributed by atoms with E-state index in [9.17, 15) is 4.79 Å². The van der Waals surface area contributed by atoms with Crippen LogP contribution in [0.2, 0.25) is 0 Å². The van der Waals surface area contributed by atoms with Crippen molar-refractivity contribution in [3.63, 3.8) is 0 Å². The fourth-order valence-corrected chi connectivity index (χ4v) is 3.43. The summed E-state index contributed by atoms with van der Waals surface area (Å²) in [6, 6.07) is 8.07. The number of amides is 1. The zero-order valence-corrected chi connectivity index (χ0v) is 17.2. The Hall–Kier alpha value is -2.47. The number of unbranched alkanes of at least 4 members (excludes halogenated alkanes) is 1. The highest BCUT2D eigenvalue weighted by molar-refractivity contribution is 6.04. The third-order valence-electron chi connectivity index (χ3n) is 5.34. The molecular weight excluding hydrogens is 350 g/mol. The van der Waals surface area contributed by atoms with Crippen LogP contribution in [0.4, 0.5) is 11.6 Å². The monoisotopic (exact) mass is 381 g/mol. The van der Waals surface area contributed by atoms with Crippen molar-refractivity contribution in [3.05, 3.63) is 47.3 Å². The summed E-state index contributed by atoms with van der Waals surface area (Å²) in [5.41, 5.74) is 3.32. The van der Waals surface area contributed by atoms with Crippen LogP contribution in [-0.4, -0.2) is 53.5 Å². The predicted molar refractivity (Wildman–Crippen MR) is 114 cm³/mol. The average Bonchev–Trinajstić information content (AvgIpc) is 2.73. The zero-order chi connectivity index (χ0) is 19.9. The second-order valence-electron chi connectivity index (χ2n) is 7.34. The van der Waals surface area contributed by atoms with Gasteiger partial charge in [-0.25, -0.2) is 9.97 Å². The summed E-state index contributed by atoms with van der Waals surface area (Å²) < 4.78 is 0. The van der Waals surface area contributed by atoms with Crippen molar-refractivity contribution < 1.29 is 4.79 Å². The van der Waals surface area contributed by atoms with E-state index in [4.69, 9.17) is 0 Å². The summed E-state index contributed by atoms with van der Waals surface area (Å²) in [5, 5.41) is 2.96. The largest absolute Gasteiger partial charge is 0.338 e. The minimum atomic E-state index is -0.166. The highest BCUT2D eigenvalue weighted by Crippen LogP contribution is 2.16. The fraction of sp³-hybridized carbons (Fsp3) is 0.500. The first-order chi connectivity index (χ1) is 13.6. The molecule has 2 heterocycles. The molecule has 1 amide bonds. The summed E-state index contributed by atoms with van der Waals surface area (Å²) in [6.07, 6.45) is 5.09. The molecule has 1 aromatic heterocycles. The molecule has 150 valence electrons. The number of carbonyl (C=O) groups excluding carboxylic acids is 1. The summed E-state index contributed by atoms with van der Waals surface area (Å²) >= 11 is 0. The summed E-state index contributed by atoms with van der Waals surface area (Å²) in [7, 11) is 0. The maximum atomic E-state index is 12.6. The molecule has 0 saturated carbocycles. The number of piperazine rings is 1. The second-order valence-corrected chi connectivity index (χ2v) is 7.34. The lowest BCUT2D eigenvalue weighted by molar-refractivity contribution is 0.102. The van der Waals surface area contributed by atoms with E-state index in [0.717, 1.165) is 44.8 Å². The smallest absolute Gasteiger partial charge is 0.259 e. The highest BCUT2D eigenvalue weighted by Gasteiger charge is 2.19. The van der Waals surface area contributed by atoms with Gasteiger partial charge in [0.2, 0.25) is 5.95 Å². The second kappa shape index (κ2) is 9.64. The first-order valence-electron chi connectivity index (χ1n) is 10.3. The number of hydrogen-bond donors (Lipinski definition) is 1.